The van der Waals surface area contributed by atoms with Gasteiger partial charge in [-0.1, -0.05) is 13.3 Å². The first kappa shape index (κ1) is 14.9. The molecule has 2 N–H and O–H groups in total. The monoisotopic (exact) mass is 258 g/mol. The Labute approximate surface area is 107 Å². The fourth-order valence-electron chi connectivity index (χ4n) is 2.02. The Kier molecular flexibility index (Phi) is 6.07. The van der Waals surface area contributed by atoms with Crippen LogP contribution in [0.2, 0.25) is 0 Å². The van der Waals surface area contributed by atoms with Gasteiger partial charge in [0.25, 0.3) is 0 Å². The van der Waals surface area contributed by atoms with E-state index in [1.807, 2.05) is 0 Å². The summed E-state index contributed by atoms with van der Waals surface area (Å²) in [6.45, 7) is 3.54. The smallest absolute Gasteiger partial charge is 0.310 e. The Bertz CT molecular complexity index is 296. The third-order valence-corrected chi connectivity index (χ3v) is 3.18. The zero-order valence-corrected chi connectivity index (χ0v) is 11.0. The zero-order valence-electron chi connectivity index (χ0n) is 11.0. The SMILES string of the molecule is CCCCNC(=O)CN(C)C1COCC1C(=O)O. The largest absolute Gasteiger partial charge is 0.481 e. The Morgan fingerprint density at radius 2 is 2.17 bits per heavy atom. The van der Waals surface area contributed by atoms with Crippen molar-refractivity contribution >= 4 is 11.9 Å². The van der Waals surface area contributed by atoms with E-state index in [0.29, 0.717) is 13.2 Å². The summed E-state index contributed by atoms with van der Waals surface area (Å²) in [5, 5.41) is 11.8. The van der Waals surface area contributed by atoms with Gasteiger partial charge in [0.15, 0.2) is 0 Å². The van der Waals surface area contributed by atoms with Crippen LogP contribution in [0.5, 0.6) is 0 Å². The quantitative estimate of drug-likeness (QED) is 0.625. The number of carbonyl (C=O) groups is 2. The molecular weight excluding hydrogens is 236 g/mol. The average molecular weight is 258 g/mol. The summed E-state index contributed by atoms with van der Waals surface area (Å²) in [5.41, 5.74) is 0. The summed E-state index contributed by atoms with van der Waals surface area (Å²) in [5.74, 6) is -1.48. The molecule has 0 aromatic heterocycles. The number of unbranched alkanes of at least 4 members (excludes halogenated alkanes) is 1. The lowest BCUT2D eigenvalue weighted by atomic mass is 10.0. The van der Waals surface area contributed by atoms with Crippen molar-refractivity contribution in [2.45, 2.75) is 25.8 Å². The number of nitrogens with zero attached hydrogens (tertiary/aromatic N) is 1. The molecule has 2 unspecified atom stereocenters. The van der Waals surface area contributed by atoms with Crippen LogP contribution in [0.15, 0.2) is 0 Å². The number of hydrogen-bond acceptors (Lipinski definition) is 4. The van der Waals surface area contributed by atoms with Gasteiger partial charge in [-0.05, 0) is 13.5 Å². The molecular formula is C12H22N2O4. The molecule has 6 nitrogen and oxygen atoms in total. The van der Waals surface area contributed by atoms with Gasteiger partial charge in [-0.25, -0.2) is 0 Å². The van der Waals surface area contributed by atoms with Crippen LogP contribution < -0.4 is 5.32 Å². The number of carbonyl (C=O) groups excluding carboxylic acids is 1. The van der Waals surface area contributed by atoms with Crippen molar-refractivity contribution in [1.29, 1.82) is 0 Å². The number of hydrogen-bond donors (Lipinski definition) is 2. The predicted molar refractivity (Wildman–Crippen MR) is 66.3 cm³/mol. The van der Waals surface area contributed by atoms with E-state index >= 15 is 0 Å². The Hall–Kier alpha value is -1.14. The molecule has 1 rings (SSSR count). The maximum atomic E-state index is 11.6. The summed E-state index contributed by atoms with van der Waals surface area (Å²) < 4.78 is 5.18. The molecule has 1 saturated heterocycles. The van der Waals surface area contributed by atoms with Crippen molar-refractivity contribution in [3.8, 4) is 0 Å². The molecule has 1 heterocycles. The highest BCUT2D eigenvalue weighted by molar-refractivity contribution is 5.78. The normalized spacial score (nSPS) is 23.3. The lowest BCUT2D eigenvalue weighted by Gasteiger charge is -2.25. The van der Waals surface area contributed by atoms with Crippen LogP contribution in [0.25, 0.3) is 0 Å². The number of rotatable bonds is 7. The Morgan fingerprint density at radius 1 is 1.44 bits per heavy atom. The van der Waals surface area contributed by atoms with Crippen molar-refractivity contribution in [2.75, 3.05) is 33.4 Å². The molecule has 0 aromatic rings. The van der Waals surface area contributed by atoms with Crippen molar-refractivity contribution in [3.63, 3.8) is 0 Å². The van der Waals surface area contributed by atoms with Gasteiger partial charge >= 0.3 is 5.97 Å². The van der Waals surface area contributed by atoms with E-state index in [2.05, 4.69) is 12.2 Å². The molecule has 1 aliphatic heterocycles. The molecule has 0 aliphatic carbocycles. The lowest BCUT2D eigenvalue weighted by Crippen LogP contribution is -2.45. The second-order valence-electron chi connectivity index (χ2n) is 4.67. The number of carboxylic acid groups (broad SMARTS) is 1. The minimum absolute atomic E-state index is 0.0676. The van der Waals surface area contributed by atoms with Gasteiger partial charge in [0, 0.05) is 12.6 Å². The summed E-state index contributed by atoms with van der Waals surface area (Å²) in [4.78, 5) is 24.4. The topological polar surface area (TPSA) is 78.9 Å². The molecule has 0 aromatic carbocycles. The van der Waals surface area contributed by atoms with Gasteiger partial charge < -0.3 is 15.2 Å². The summed E-state index contributed by atoms with van der Waals surface area (Å²) >= 11 is 0. The van der Waals surface area contributed by atoms with Gasteiger partial charge in [0.1, 0.15) is 0 Å². The van der Waals surface area contributed by atoms with Crippen molar-refractivity contribution in [1.82, 2.24) is 10.2 Å². The van der Waals surface area contributed by atoms with E-state index in [9.17, 15) is 9.59 Å². The van der Waals surface area contributed by atoms with Crippen LogP contribution >= 0.6 is 0 Å². The van der Waals surface area contributed by atoms with E-state index in [1.54, 1.807) is 11.9 Å². The van der Waals surface area contributed by atoms with Gasteiger partial charge in [-0.3, -0.25) is 14.5 Å². The lowest BCUT2D eigenvalue weighted by molar-refractivity contribution is -0.143. The average Bonchev–Trinajstić information content (AvgIpc) is 2.78. The van der Waals surface area contributed by atoms with Gasteiger partial charge in [0.2, 0.25) is 5.91 Å². The van der Waals surface area contributed by atoms with E-state index in [-0.39, 0.29) is 25.1 Å². The first-order chi connectivity index (χ1) is 8.56. The maximum Gasteiger partial charge on any atom is 0.310 e. The van der Waals surface area contributed by atoms with Gasteiger partial charge in [-0.15, -0.1) is 0 Å². The molecule has 0 bridgehead atoms. The molecule has 6 heteroatoms. The summed E-state index contributed by atoms with van der Waals surface area (Å²) in [6, 6.07) is -0.223. The first-order valence-electron chi connectivity index (χ1n) is 6.33. The predicted octanol–water partition coefficient (Wildman–Crippen LogP) is -0.0659. The number of amides is 1. The van der Waals surface area contributed by atoms with Crippen LogP contribution in [0.1, 0.15) is 19.8 Å². The molecule has 0 spiro atoms. The van der Waals surface area contributed by atoms with Crippen LogP contribution in [-0.4, -0.2) is 61.3 Å². The summed E-state index contributed by atoms with van der Waals surface area (Å²) in [7, 11) is 1.76. The highest BCUT2D eigenvalue weighted by Gasteiger charge is 2.37. The molecule has 104 valence electrons. The maximum absolute atomic E-state index is 11.6. The Balaban J connectivity index is 2.37. The number of likely N-dealkylation sites (N-methyl/N-ethyl adjacent to an activating group) is 1. The highest BCUT2D eigenvalue weighted by Crippen LogP contribution is 2.18. The van der Waals surface area contributed by atoms with E-state index in [4.69, 9.17) is 9.84 Å². The van der Waals surface area contributed by atoms with Crippen molar-refractivity contribution < 1.29 is 19.4 Å². The van der Waals surface area contributed by atoms with Crippen LogP contribution in [0.3, 0.4) is 0 Å². The standard InChI is InChI=1S/C12H22N2O4/c1-3-4-5-13-11(15)6-14(2)10-8-18-7-9(10)12(16)17/h9-10H,3-8H2,1-2H3,(H,13,15)(H,16,17). The first-order valence-corrected chi connectivity index (χ1v) is 6.33. The minimum atomic E-state index is -0.865. The molecule has 1 fully saturated rings. The van der Waals surface area contributed by atoms with E-state index in [0.717, 1.165) is 12.8 Å². The van der Waals surface area contributed by atoms with Crippen LogP contribution in [-0.2, 0) is 14.3 Å². The van der Waals surface area contributed by atoms with Gasteiger partial charge in [0.05, 0.1) is 25.7 Å². The van der Waals surface area contributed by atoms with Crippen molar-refractivity contribution in [2.24, 2.45) is 5.92 Å². The number of aliphatic carboxylic acids is 1. The zero-order chi connectivity index (χ0) is 13.5. The molecule has 0 radical (unpaired) electrons. The summed E-state index contributed by atoms with van der Waals surface area (Å²) in [6.07, 6.45) is 1.99. The molecule has 2 atom stereocenters. The molecule has 1 amide bonds. The molecule has 18 heavy (non-hydrogen) atoms. The molecule has 1 aliphatic rings. The van der Waals surface area contributed by atoms with E-state index < -0.39 is 11.9 Å². The second kappa shape index (κ2) is 7.33. The van der Waals surface area contributed by atoms with Crippen molar-refractivity contribution in [3.05, 3.63) is 0 Å². The Morgan fingerprint density at radius 3 is 2.78 bits per heavy atom. The highest BCUT2D eigenvalue weighted by atomic mass is 16.5. The van der Waals surface area contributed by atoms with Crippen LogP contribution in [0, 0.1) is 5.92 Å². The van der Waals surface area contributed by atoms with Crippen LogP contribution in [0.4, 0.5) is 0 Å². The fraction of sp³-hybridized carbons (Fsp3) is 0.833. The van der Waals surface area contributed by atoms with Gasteiger partial charge in [-0.2, -0.15) is 0 Å². The third kappa shape index (κ3) is 4.27. The number of carboxylic acids is 1. The third-order valence-electron chi connectivity index (χ3n) is 3.18. The number of nitrogens with one attached hydrogen (secondary N) is 1. The van der Waals surface area contributed by atoms with E-state index in [1.165, 1.54) is 0 Å². The fourth-order valence-corrected chi connectivity index (χ4v) is 2.02. The molecule has 0 saturated carbocycles. The second-order valence-corrected chi connectivity index (χ2v) is 4.67. The minimum Gasteiger partial charge on any atom is -0.481 e. The number of ether oxygens (including phenoxy) is 1.